The molecule has 2 heterocycles. The van der Waals surface area contributed by atoms with Gasteiger partial charge in [0.1, 0.15) is 48.8 Å². The van der Waals surface area contributed by atoms with Gasteiger partial charge in [0.2, 0.25) is 5.91 Å². The second-order valence-corrected chi connectivity index (χ2v) is 27.5. The van der Waals surface area contributed by atoms with Crippen LogP contribution in [0.5, 0.6) is 0 Å². The minimum atomic E-state index is -1.79. The second-order valence-electron chi connectivity index (χ2n) is 27.5. The van der Waals surface area contributed by atoms with E-state index in [0.29, 0.717) is 12.8 Å². The van der Waals surface area contributed by atoms with Crippen LogP contribution in [0, 0.1) is 0 Å². The summed E-state index contributed by atoms with van der Waals surface area (Å²) in [7, 11) is 0. The molecular formula is C79H145NO13. The van der Waals surface area contributed by atoms with Gasteiger partial charge in [0, 0.05) is 6.42 Å². The quantitative estimate of drug-likeness (QED) is 0.0204. The van der Waals surface area contributed by atoms with Crippen molar-refractivity contribution in [2.45, 2.75) is 415 Å². The molecule has 93 heavy (non-hydrogen) atoms. The molecule has 2 rings (SSSR count). The average Bonchev–Trinajstić information content (AvgIpc) is 0.851. The molecule has 2 aliphatic rings. The smallest absolute Gasteiger partial charge is 0.220 e. The maximum absolute atomic E-state index is 13.4. The molecule has 14 nitrogen and oxygen atoms in total. The summed E-state index contributed by atoms with van der Waals surface area (Å²) in [6.07, 6.45) is 68.7. The highest BCUT2D eigenvalue weighted by molar-refractivity contribution is 5.76. The van der Waals surface area contributed by atoms with E-state index in [0.717, 1.165) is 44.9 Å². The van der Waals surface area contributed by atoms with E-state index in [2.05, 4.69) is 67.8 Å². The van der Waals surface area contributed by atoms with Gasteiger partial charge in [-0.3, -0.25) is 4.79 Å². The first-order valence-corrected chi connectivity index (χ1v) is 39.0. The van der Waals surface area contributed by atoms with Gasteiger partial charge in [0.15, 0.2) is 12.6 Å². The highest BCUT2D eigenvalue weighted by Crippen LogP contribution is 2.30. The summed E-state index contributed by atoms with van der Waals surface area (Å²) >= 11 is 0. The number of unbranched alkanes of at least 4 members (excludes halogenated alkanes) is 44. The molecule has 12 unspecified atom stereocenters. The third kappa shape index (κ3) is 46.6. The van der Waals surface area contributed by atoms with Crippen LogP contribution in [0.3, 0.4) is 0 Å². The van der Waals surface area contributed by atoms with Crippen molar-refractivity contribution in [1.29, 1.82) is 0 Å². The van der Waals surface area contributed by atoms with Gasteiger partial charge in [-0.05, 0) is 70.6 Å². The number of amides is 1. The number of rotatable bonds is 65. The van der Waals surface area contributed by atoms with E-state index in [4.69, 9.17) is 18.9 Å². The molecule has 544 valence electrons. The summed E-state index contributed by atoms with van der Waals surface area (Å²) in [6.45, 7) is 2.82. The predicted molar refractivity (Wildman–Crippen MR) is 383 cm³/mol. The van der Waals surface area contributed by atoms with Gasteiger partial charge < -0.3 is 65.1 Å². The first kappa shape index (κ1) is 86.8. The Morgan fingerprint density at radius 1 is 0.387 bits per heavy atom. The topological polar surface area (TPSA) is 228 Å². The third-order valence-corrected chi connectivity index (χ3v) is 18.9. The fraction of sp³-hybridized carbons (Fsp3) is 0.861. The molecule has 1 amide bonds. The Hall–Kier alpha value is -2.31. The zero-order chi connectivity index (χ0) is 67.3. The number of carbonyl (C=O) groups excluding carboxylic acids is 1. The van der Waals surface area contributed by atoms with Gasteiger partial charge in [-0.25, -0.2) is 0 Å². The zero-order valence-electron chi connectivity index (χ0n) is 59.5. The lowest BCUT2D eigenvalue weighted by Crippen LogP contribution is -2.65. The molecule has 0 saturated carbocycles. The lowest BCUT2D eigenvalue weighted by atomic mass is 9.97. The average molecular weight is 1320 g/mol. The van der Waals surface area contributed by atoms with E-state index >= 15 is 0 Å². The SMILES string of the molecule is CCCCCCC/C=C\C/C=C\C/C=C\CCCCCCCCCCCCCCCCCCC(=O)NC(COC1OC(CO)C(OC2OC(CO)C(O)C(O)C2O)C(O)C1O)C(O)/C=C/CC/C=C/CCCCCCCCCCCCCCCCCCCCCCCC. The predicted octanol–water partition coefficient (Wildman–Crippen LogP) is 17.2. The number of hydrogen-bond donors (Lipinski definition) is 9. The lowest BCUT2D eigenvalue weighted by Gasteiger charge is -2.46. The molecule has 0 radical (unpaired) electrons. The van der Waals surface area contributed by atoms with E-state index in [1.807, 2.05) is 6.08 Å². The van der Waals surface area contributed by atoms with Gasteiger partial charge in [-0.1, -0.05) is 325 Å². The first-order chi connectivity index (χ1) is 45.6. The van der Waals surface area contributed by atoms with E-state index in [1.54, 1.807) is 6.08 Å². The van der Waals surface area contributed by atoms with Gasteiger partial charge in [0.25, 0.3) is 0 Å². The number of carbonyl (C=O) groups is 1. The largest absolute Gasteiger partial charge is 0.394 e. The van der Waals surface area contributed by atoms with Gasteiger partial charge in [0.05, 0.1) is 32.0 Å². The third-order valence-electron chi connectivity index (χ3n) is 18.9. The van der Waals surface area contributed by atoms with Crippen molar-refractivity contribution in [1.82, 2.24) is 5.32 Å². The Balaban J connectivity index is 1.65. The van der Waals surface area contributed by atoms with Gasteiger partial charge in [-0.15, -0.1) is 0 Å². The van der Waals surface area contributed by atoms with Crippen molar-refractivity contribution in [3.05, 3.63) is 60.8 Å². The van der Waals surface area contributed by atoms with Crippen LogP contribution >= 0.6 is 0 Å². The Bertz CT molecular complexity index is 1790. The summed E-state index contributed by atoms with van der Waals surface area (Å²) in [4.78, 5) is 13.4. The molecule has 2 fully saturated rings. The molecule has 2 aliphatic heterocycles. The molecule has 0 bridgehead atoms. The van der Waals surface area contributed by atoms with E-state index in [-0.39, 0.29) is 18.9 Å². The monoisotopic (exact) mass is 1320 g/mol. The summed E-state index contributed by atoms with van der Waals surface area (Å²) < 4.78 is 22.9. The first-order valence-electron chi connectivity index (χ1n) is 39.0. The van der Waals surface area contributed by atoms with Crippen molar-refractivity contribution in [2.24, 2.45) is 0 Å². The second kappa shape index (κ2) is 63.2. The van der Waals surface area contributed by atoms with Crippen molar-refractivity contribution in [3.63, 3.8) is 0 Å². The highest BCUT2D eigenvalue weighted by atomic mass is 16.7. The number of aliphatic hydroxyl groups excluding tert-OH is 8. The maximum atomic E-state index is 13.4. The molecule has 2 saturated heterocycles. The van der Waals surface area contributed by atoms with Crippen LogP contribution in [-0.4, -0.2) is 140 Å². The standard InChI is InChI=1S/C79H145NO13/c1-3-5-7-9-11-13-15-17-19-21-23-25-27-29-31-33-34-35-37-39-41-43-45-47-49-51-53-55-57-59-61-63-71(84)80-67(66-90-78-76(89)74(87)77(70(65-82)92-78)93-79-75(88)73(86)72(85)69(64-81)91-79)68(83)62-60-58-56-54-52-50-48-46-44-42-40-38-36-32-30-28-26-24-22-20-18-16-14-12-10-8-6-4-2/h15,17,21,23,27,29,52,54,60,62,67-70,72-79,81-83,85-89H,3-14,16,18-20,22,24-26,28,30-51,53,55-59,61,63-66H2,1-2H3,(H,80,84)/b17-15-,23-21-,29-27-,54-52+,62-60+. The number of ether oxygens (including phenoxy) is 4. The zero-order valence-corrected chi connectivity index (χ0v) is 59.5. The van der Waals surface area contributed by atoms with Gasteiger partial charge in [-0.2, -0.15) is 0 Å². The Labute approximate surface area is 568 Å². The molecule has 0 aromatic heterocycles. The van der Waals surface area contributed by atoms with E-state index in [9.17, 15) is 45.6 Å². The van der Waals surface area contributed by atoms with Crippen molar-refractivity contribution in [3.8, 4) is 0 Å². The van der Waals surface area contributed by atoms with Crippen LogP contribution in [0.4, 0.5) is 0 Å². The molecule has 0 aliphatic carbocycles. The number of nitrogens with one attached hydrogen (secondary N) is 1. The fourth-order valence-corrected chi connectivity index (χ4v) is 12.7. The van der Waals surface area contributed by atoms with Crippen LogP contribution in [0.25, 0.3) is 0 Å². The van der Waals surface area contributed by atoms with Crippen molar-refractivity contribution in [2.75, 3.05) is 19.8 Å². The summed E-state index contributed by atoms with van der Waals surface area (Å²) in [5, 5.41) is 87.6. The van der Waals surface area contributed by atoms with Crippen LogP contribution < -0.4 is 5.32 Å². The minimum absolute atomic E-state index is 0.245. The lowest BCUT2D eigenvalue weighted by molar-refractivity contribution is -0.359. The van der Waals surface area contributed by atoms with Crippen LogP contribution in [-0.2, 0) is 23.7 Å². The Morgan fingerprint density at radius 3 is 1.13 bits per heavy atom. The molecule has 14 heteroatoms. The number of aliphatic hydroxyl groups is 8. The minimum Gasteiger partial charge on any atom is -0.394 e. The summed E-state index contributed by atoms with van der Waals surface area (Å²) in [6, 6.07) is -0.935. The van der Waals surface area contributed by atoms with E-state index in [1.165, 1.54) is 263 Å². The fourth-order valence-electron chi connectivity index (χ4n) is 12.7. The molecule has 9 N–H and O–H groups in total. The Morgan fingerprint density at radius 2 is 0.720 bits per heavy atom. The molecule has 0 aromatic rings. The molecule has 0 spiro atoms. The molecule has 12 atom stereocenters. The van der Waals surface area contributed by atoms with Crippen molar-refractivity contribution >= 4 is 5.91 Å². The molecule has 0 aromatic carbocycles. The summed E-state index contributed by atoms with van der Waals surface area (Å²) in [5.41, 5.74) is 0. The van der Waals surface area contributed by atoms with Crippen LogP contribution in [0.15, 0.2) is 60.8 Å². The van der Waals surface area contributed by atoms with E-state index < -0.39 is 86.8 Å². The van der Waals surface area contributed by atoms with Crippen LogP contribution in [0.2, 0.25) is 0 Å². The summed E-state index contributed by atoms with van der Waals surface area (Å²) in [5.74, 6) is -0.245. The molecular weight excluding hydrogens is 1170 g/mol. The van der Waals surface area contributed by atoms with Gasteiger partial charge >= 0.3 is 0 Å². The normalized spacial score (nSPS) is 22.9. The maximum Gasteiger partial charge on any atom is 0.220 e. The Kier molecular flexibility index (Phi) is 58.9. The highest BCUT2D eigenvalue weighted by Gasteiger charge is 2.51. The van der Waals surface area contributed by atoms with Crippen molar-refractivity contribution < 1.29 is 64.6 Å². The number of hydrogen-bond acceptors (Lipinski definition) is 13. The van der Waals surface area contributed by atoms with Crippen LogP contribution in [0.1, 0.15) is 341 Å². The number of allylic oxidation sites excluding steroid dienone is 9.